The van der Waals surface area contributed by atoms with E-state index in [4.69, 9.17) is 0 Å². The summed E-state index contributed by atoms with van der Waals surface area (Å²) in [6.07, 6.45) is -0.803. The molecule has 88 valence electrons. The highest BCUT2D eigenvalue weighted by molar-refractivity contribution is 9.10. The molecule has 0 aromatic heterocycles. The zero-order valence-corrected chi connectivity index (χ0v) is 10.9. The molecule has 0 aliphatic carbocycles. The van der Waals surface area contributed by atoms with Crippen molar-refractivity contribution in [3.63, 3.8) is 0 Å². The van der Waals surface area contributed by atoms with Crippen molar-refractivity contribution in [3.8, 4) is 0 Å². The maximum absolute atomic E-state index is 13.2. The van der Waals surface area contributed by atoms with Crippen molar-refractivity contribution in [2.75, 3.05) is 0 Å². The van der Waals surface area contributed by atoms with Crippen molar-refractivity contribution in [1.29, 1.82) is 0 Å². The Labute approximate surface area is 108 Å². The van der Waals surface area contributed by atoms with Crippen LogP contribution in [0.2, 0.25) is 0 Å². The summed E-state index contributed by atoms with van der Waals surface area (Å²) < 4.78 is 14.1. The highest BCUT2D eigenvalue weighted by Crippen LogP contribution is 2.27. The standard InChI is InChI=1S/C14H12BrFO/c1-9-5-6-12(16)8-13(9)14(17)10-3-2-4-11(15)7-10/h2-8,14,17H,1H3/t14-/m0/s1. The number of halogens is 2. The van der Waals surface area contributed by atoms with E-state index in [0.717, 1.165) is 15.6 Å². The molecule has 0 bridgehead atoms. The minimum absolute atomic E-state index is 0.334. The van der Waals surface area contributed by atoms with Crippen LogP contribution in [-0.4, -0.2) is 5.11 Å². The van der Waals surface area contributed by atoms with Crippen LogP contribution in [-0.2, 0) is 0 Å². The van der Waals surface area contributed by atoms with E-state index < -0.39 is 6.10 Å². The van der Waals surface area contributed by atoms with Crippen LogP contribution >= 0.6 is 15.9 Å². The Morgan fingerprint density at radius 2 is 1.94 bits per heavy atom. The smallest absolute Gasteiger partial charge is 0.123 e. The molecule has 2 aromatic rings. The highest BCUT2D eigenvalue weighted by Gasteiger charge is 2.13. The van der Waals surface area contributed by atoms with Crippen LogP contribution in [0.3, 0.4) is 0 Å². The van der Waals surface area contributed by atoms with Crippen molar-refractivity contribution < 1.29 is 9.50 Å². The minimum atomic E-state index is -0.803. The molecule has 3 heteroatoms. The summed E-state index contributed by atoms with van der Waals surface area (Å²) in [5, 5.41) is 10.2. The summed E-state index contributed by atoms with van der Waals surface area (Å²) in [5.41, 5.74) is 2.22. The topological polar surface area (TPSA) is 20.2 Å². The number of benzene rings is 2. The summed E-state index contributed by atoms with van der Waals surface area (Å²) in [7, 11) is 0. The number of aliphatic hydroxyl groups is 1. The average Bonchev–Trinajstić information content (AvgIpc) is 2.31. The van der Waals surface area contributed by atoms with Crippen LogP contribution in [0.25, 0.3) is 0 Å². The summed E-state index contributed by atoms with van der Waals surface area (Å²) in [6.45, 7) is 1.86. The van der Waals surface area contributed by atoms with Gasteiger partial charge in [-0.05, 0) is 47.9 Å². The Balaban J connectivity index is 2.43. The van der Waals surface area contributed by atoms with E-state index in [0.29, 0.717) is 5.56 Å². The molecule has 2 aromatic carbocycles. The van der Waals surface area contributed by atoms with Crippen LogP contribution in [0.4, 0.5) is 4.39 Å². The Kier molecular flexibility index (Phi) is 3.60. The molecule has 0 aliphatic rings. The van der Waals surface area contributed by atoms with E-state index in [1.54, 1.807) is 6.07 Å². The largest absolute Gasteiger partial charge is 0.384 e. The van der Waals surface area contributed by atoms with Gasteiger partial charge in [-0.25, -0.2) is 4.39 Å². The van der Waals surface area contributed by atoms with Crippen molar-refractivity contribution in [1.82, 2.24) is 0 Å². The lowest BCUT2D eigenvalue weighted by molar-refractivity contribution is 0.219. The first-order valence-corrected chi connectivity index (χ1v) is 6.07. The second kappa shape index (κ2) is 4.98. The van der Waals surface area contributed by atoms with Crippen molar-refractivity contribution in [2.24, 2.45) is 0 Å². The molecule has 0 saturated carbocycles. The predicted molar refractivity (Wildman–Crippen MR) is 69.3 cm³/mol. The first-order chi connectivity index (χ1) is 8.08. The van der Waals surface area contributed by atoms with Gasteiger partial charge in [-0.3, -0.25) is 0 Å². The van der Waals surface area contributed by atoms with E-state index in [1.165, 1.54) is 12.1 Å². The molecule has 0 saturated heterocycles. The Bertz CT molecular complexity index is 539. The third-order valence-corrected chi connectivity index (χ3v) is 3.19. The highest BCUT2D eigenvalue weighted by atomic mass is 79.9. The third-order valence-electron chi connectivity index (χ3n) is 2.70. The van der Waals surface area contributed by atoms with Gasteiger partial charge in [0.15, 0.2) is 0 Å². The molecular weight excluding hydrogens is 283 g/mol. The maximum Gasteiger partial charge on any atom is 0.123 e. The van der Waals surface area contributed by atoms with Gasteiger partial charge in [0, 0.05) is 4.47 Å². The summed E-state index contributed by atoms with van der Waals surface area (Å²) in [5.74, 6) is -0.334. The van der Waals surface area contributed by atoms with Gasteiger partial charge in [-0.2, -0.15) is 0 Å². The van der Waals surface area contributed by atoms with Crippen molar-refractivity contribution in [2.45, 2.75) is 13.0 Å². The fourth-order valence-corrected chi connectivity index (χ4v) is 2.18. The van der Waals surface area contributed by atoms with Gasteiger partial charge in [-0.15, -0.1) is 0 Å². The maximum atomic E-state index is 13.2. The fourth-order valence-electron chi connectivity index (χ4n) is 1.76. The first kappa shape index (κ1) is 12.3. The summed E-state index contributed by atoms with van der Waals surface area (Å²) in [4.78, 5) is 0. The molecule has 0 unspecified atom stereocenters. The van der Waals surface area contributed by atoms with Gasteiger partial charge in [0.1, 0.15) is 11.9 Å². The zero-order valence-electron chi connectivity index (χ0n) is 9.32. The normalized spacial score (nSPS) is 12.5. The zero-order chi connectivity index (χ0) is 12.4. The van der Waals surface area contributed by atoms with Gasteiger partial charge in [0.25, 0.3) is 0 Å². The molecule has 0 heterocycles. The molecule has 0 spiro atoms. The molecule has 0 radical (unpaired) electrons. The molecule has 0 aliphatic heterocycles. The molecule has 0 amide bonds. The molecule has 0 fully saturated rings. The van der Waals surface area contributed by atoms with E-state index in [2.05, 4.69) is 15.9 Å². The SMILES string of the molecule is Cc1ccc(F)cc1[C@@H](O)c1cccc(Br)c1. The first-order valence-electron chi connectivity index (χ1n) is 5.27. The monoisotopic (exact) mass is 294 g/mol. The lowest BCUT2D eigenvalue weighted by Crippen LogP contribution is -2.02. The second-order valence-electron chi connectivity index (χ2n) is 3.96. The van der Waals surface area contributed by atoms with Gasteiger partial charge in [0.05, 0.1) is 0 Å². The molecule has 1 nitrogen and oxygen atoms in total. The molecule has 1 N–H and O–H groups in total. The molecular formula is C14H12BrFO. The fraction of sp³-hybridized carbons (Fsp3) is 0.143. The van der Waals surface area contributed by atoms with Crippen LogP contribution < -0.4 is 0 Å². The van der Waals surface area contributed by atoms with Crippen LogP contribution in [0.5, 0.6) is 0 Å². The Hall–Kier alpha value is -1.19. The summed E-state index contributed by atoms with van der Waals surface area (Å²) >= 11 is 3.35. The summed E-state index contributed by atoms with van der Waals surface area (Å²) in [6, 6.07) is 11.8. The predicted octanol–water partition coefficient (Wildman–Crippen LogP) is 3.98. The van der Waals surface area contributed by atoms with E-state index in [9.17, 15) is 9.50 Å². The van der Waals surface area contributed by atoms with E-state index in [1.807, 2.05) is 31.2 Å². The van der Waals surface area contributed by atoms with Crippen molar-refractivity contribution in [3.05, 3.63) is 69.4 Å². The Morgan fingerprint density at radius 3 is 2.65 bits per heavy atom. The number of hydrogen-bond donors (Lipinski definition) is 1. The molecule has 1 atom stereocenters. The average molecular weight is 295 g/mol. The number of hydrogen-bond acceptors (Lipinski definition) is 1. The second-order valence-corrected chi connectivity index (χ2v) is 4.87. The van der Waals surface area contributed by atoms with Crippen LogP contribution in [0.1, 0.15) is 22.8 Å². The Morgan fingerprint density at radius 1 is 1.18 bits per heavy atom. The van der Waals surface area contributed by atoms with Gasteiger partial charge >= 0.3 is 0 Å². The van der Waals surface area contributed by atoms with Crippen LogP contribution in [0, 0.1) is 12.7 Å². The quantitative estimate of drug-likeness (QED) is 0.888. The number of aliphatic hydroxyl groups excluding tert-OH is 1. The molecule has 2 rings (SSSR count). The third kappa shape index (κ3) is 2.73. The van der Waals surface area contributed by atoms with E-state index in [-0.39, 0.29) is 5.82 Å². The minimum Gasteiger partial charge on any atom is -0.384 e. The van der Waals surface area contributed by atoms with Gasteiger partial charge < -0.3 is 5.11 Å². The lowest BCUT2D eigenvalue weighted by Gasteiger charge is -2.14. The van der Waals surface area contributed by atoms with Gasteiger partial charge in [0.2, 0.25) is 0 Å². The molecule has 17 heavy (non-hydrogen) atoms. The van der Waals surface area contributed by atoms with Crippen molar-refractivity contribution >= 4 is 15.9 Å². The van der Waals surface area contributed by atoms with E-state index >= 15 is 0 Å². The number of aryl methyl sites for hydroxylation is 1. The number of rotatable bonds is 2. The lowest BCUT2D eigenvalue weighted by atomic mass is 9.97. The van der Waals surface area contributed by atoms with Gasteiger partial charge in [-0.1, -0.05) is 34.1 Å². The van der Waals surface area contributed by atoms with Crippen LogP contribution in [0.15, 0.2) is 46.9 Å².